The van der Waals surface area contributed by atoms with E-state index in [2.05, 4.69) is 4.72 Å². The first-order valence-corrected chi connectivity index (χ1v) is 7.44. The van der Waals surface area contributed by atoms with Crippen LogP contribution in [-0.4, -0.2) is 26.2 Å². The highest BCUT2D eigenvalue weighted by molar-refractivity contribution is 7.89. The Balaban J connectivity index is 3.02. The molecular formula is C12H20N2O3S. The van der Waals surface area contributed by atoms with Gasteiger partial charge < -0.3 is 10.8 Å². The van der Waals surface area contributed by atoms with Gasteiger partial charge in [0, 0.05) is 11.7 Å². The fraction of sp³-hybridized carbons (Fsp3) is 0.500. The van der Waals surface area contributed by atoms with E-state index in [1.165, 1.54) is 12.1 Å². The highest BCUT2D eigenvalue weighted by atomic mass is 32.2. The predicted octanol–water partition coefficient (Wildman–Crippen LogP) is 0.880. The van der Waals surface area contributed by atoms with Crippen LogP contribution in [0.3, 0.4) is 0 Å². The van der Waals surface area contributed by atoms with Gasteiger partial charge in [-0.1, -0.05) is 19.9 Å². The first kappa shape index (κ1) is 14.9. The predicted molar refractivity (Wildman–Crippen MR) is 71.7 cm³/mol. The maximum absolute atomic E-state index is 12.0. The van der Waals surface area contributed by atoms with E-state index in [0.29, 0.717) is 12.1 Å². The maximum atomic E-state index is 12.0. The molecule has 18 heavy (non-hydrogen) atoms. The summed E-state index contributed by atoms with van der Waals surface area (Å²) in [6, 6.07) is 4.22. The number of aryl methyl sites for hydroxylation is 1. The minimum Gasteiger partial charge on any atom is -0.398 e. The molecule has 0 aliphatic rings. The molecule has 1 aromatic rings. The minimum absolute atomic E-state index is 0.129. The largest absolute Gasteiger partial charge is 0.398 e. The molecule has 5 nitrogen and oxygen atoms in total. The molecule has 0 saturated heterocycles. The number of nitrogens with one attached hydrogen (secondary N) is 1. The van der Waals surface area contributed by atoms with Crippen LogP contribution in [0.1, 0.15) is 25.8 Å². The lowest BCUT2D eigenvalue weighted by Crippen LogP contribution is -2.36. The Morgan fingerprint density at radius 3 is 2.50 bits per heavy atom. The Morgan fingerprint density at radius 2 is 2.06 bits per heavy atom. The molecule has 1 aromatic carbocycles. The van der Waals surface area contributed by atoms with Crippen molar-refractivity contribution < 1.29 is 13.5 Å². The lowest BCUT2D eigenvalue weighted by molar-refractivity contribution is 0.254. The molecule has 0 aromatic heterocycles. The Bertz CT molecular complexity index is 496. The number of hydrogen-bond acceptors (Lipinski definition) is 4. The molecule has 0 fully saturated rings. The zero-order chi connectivity index (χ0) is 13.8. The summed E-state index contributed by atoms with van der Waals surface area (Å²) in [5.41, 5.74) is 7.17. The SMILES string of the molecule is CCc1ccc(S(=O)(=O)NC(CC)CO)cc1N. The van der Waals surface area contributed by atoms with Crippen LogP contribution in [0, 0.1) is 0 Å². The molecule has 0 heterocycles. The van der Waals surface area contributed by atoms with Crippen LogP contribution >= 0.6 is 0 Å². The summed E-state index contributed by atoms with van der Waals surface area (Å²) in [7, 11) is -3.62. The van der Waals surface area contributed by atoms with Crippen LogP contribution in [0.25, 0.3) is 0 Å². The molecule has 0 spiro atoms. The third-order valence-electron chi connectivity index (χ3n) is 2.84. The van der Waals surface area contributed by atoms with Crippen LogP contribution in [0.15, 0.2) is 23.1 Å². The normalized spacial score (nSPS) is 13.5. The van der Waals surface area contributed by atoms with Crippen molar-refractivity contribution in [1.29, 1.82) is 0 Å². The van der Waals surface area contributed by atoms with E-state index in [-0.39, 0.29) is 11.5 Å². The van der Waals surface area contributed by atoms with Crippen LogP contribution in [0.2, 0.25) is 0 Å². The van der Waals surface area contributed by atoms with Gasteiger partial charge in [0.05, 0.1) is 11.5 Å². The van der Waals surface area contributed by atoms with Gasteiger partial charge in [-0.3, -0.25) is 0 Å². The number of aliphatic hydroxyl groups excluding tert-OH is 1. The third kappa shape index (κ3) is 3.44. The molecule has 0 aliphatic carbocycles. The van der Waals surface area contributed by atoms with E-state index in [4.69, 9.17) is 10.8 Å². The molecular weight excluding hydrogens is 252 g/mol. The lowest BCUT2D eigenvalue weighted by atomic mass is 10.1. The number of sulfonamides is 1. The van der Waals surface area contributed by atoms with Gasteiger partial charge in [0.15, 0.2) is 0 Å². The second-order valence-electron chi connectivity index (χ2n) is 4.12. The first-order chi connectivity index (χ1) is 8.44. The molecule has 102 valence electrons. The number of aliphatic hydroxyl groups is 1. The Labute approximate surface area is 108 Å². The standard InChI is InChI=1S/C12H20N2O3S/c1-3-9-5-6-11(7-12(9)13)18(16,17)14-10(4-2)8-15/h5-7,10,14-15H,3-4,8,13H2,1-2H3. The molecule has 1 unspecified atom stereocenters. The minimum atomic E-state index is -3.62. The quantitative estimate of drug-likeness (QED) is 0.670. The number of nitrogens with two attached hydrogens (primary N) is 1. The molecule has 0 amide bonds. The topological polar surface area (TPSA) is 92.4 Å². The monoisotopic (exact) mass is 272 g/mol. The Morgan fingerprint density at radius 1 is 1.39 bits per heavy atom. The average Bonchev–Trinajstić information content (AvgIpc) is 2.35. The molecule has 1 atom stereocenters. The van der Waals surface area contributed by atoms with Crippen LogP contribution in [0.4, 0.5) is 5.69 Å². The number of nitrogen functional groups attached to an aromatic ring is 1. The van der Waals surface area contributed by atoms with Gasteiger partial charge in [-0.05, 0) is 30.5 Å². The summed E-state index contributed by atoms with van der Waals surface area (Å²) in [5.74, 6) is 0. The number of hydrogen-bond donors (Lipinski definition) is 3. The van der Waals surface area contributed by atoms with E-state index in [0.717, 1.165) is 12.0 Å². The van der Waals surface area contributed by atoms with E-state index in [1.807, 2.05) is 6.92 Å². The van der Waals surface area contributed by atoms with Crippen molar-refractivity contribution in [3.05, 3.63) is 23.8 Å². The first-order valence-electron chi connectivity index (χ1n) is 5.96. The van der Waals surface area contributed by atoms with Crippen molar-refractivity contribution >= 4 is 15.7 Å². The summed E-state index contributed by atoms with van der Waals surface area (Å²) < 4.78 is 26.5. The summed E-state index contributed by atoms with van der Waals surface area (Å²) >= 11 is 0. The van der Waals surface area contributed by atoms with Gasteiger partial charge in [0.1, 0.15) is 0 Å². The van der Waals surface area contributed by atoms with Crippen molar-refractivity contribution in [3.63, 3.8) is 0 Å². The fourth-order valence-corrected chi connectivity index (χ4v) is 2.94. The summed E-state index contributed by atoms with van der Waals surface area (Å²) in [5, 5.41) is 9.02. The van der Waals surface area contributed by atoms with Crippen molar-refractivity contribution in [3.8, 4) is 0 Å². The van der Waals surface area contributed by atoms with Crippen LogP contribution in [-0.2, 0) is 16.4 Å². The molecule has 0 radical (unpaired) electrons. The van der Waals surface area contributed by atoms with Crippen LogP contribution in [0.5, 0.6) is 0 Å². The van der Waals surface area contributed by atoms with E-state index < -0.39 is 16.1 Å². The third-order valence-corrected chi connectivity index (χ3v) is 4.36. The van der Waals surface area contributed by atoms with E-state index in [1.54, 1.807) is 13.0 Å². The molecule has 6 heteroatoms. The van der Waals surface area contributed by atoms with Gasteiger partial charge in [0.2, 0.25) is 10.0 Å². The highest BCUT2D eigenvalue weighted by Crippen LogP contribution is 2.18. The van der Waals surface area contributed by atoms with Crippen molar-refractivity contribution in [1.82, 2.24) is 4.72 Å². The Kier molecular flexibility index (Phi) is 5.13. The van der Waals surface area contributed by atoms with E-state index in [9.17, 15) is 8.42 Å². The lowest BCUT2D eigenvalue weighted by Gasteiger charge is -2.15. The summed E-state index contributed by atoms with van der Waals surface area (Å²) in [6.45, 7) is 3.53. The Hall–Kier alpha value is -1.11. The number of benzene rings is 1. The average molecular weight is 272 g/mol. The molecule has 0 saturated carbocycles. The van der Waals surface area contributed by atoms with Crippen molar-refractivity contribution in [2.45, 2.75) is 37.6 Å². The zero-order valence-corrected chi connectivity index (χ0v) is 11.5. The van der Waals surface area contributed by atoms with E-state index >= 15 is 0 Å². The van der Waals surface area contributed by atoms with Crippen molar-refractivity contribution in [2.75, 3.05) is 12.3 Å². The molecule has 1 rings (SSSR count). The molecule has 4 N–H and O–H groups in total. The molecule has 0 aliphatic heterocycles. The van der Waals surface area contributed by atoms with Gasteiger partial charge in [-0.15, -0.1) is 0 Å². The number of rotatable bonds is 6. The number of anilines is 1. The van der Waals surface area contributed by atoms with Crippen molar-refractivity contribution in [2.24, 2.45) is 0 Å². The zero-order valence-electron chi connectivity index (χ0n) is 10.7. The van der Waals surface area contributed by atoms with Gasteiger partial charge in [-0.25, -0.2) is 13.1 Å². The van der Waals surface area contributed by atoms with Gasteiger partial charge >= 0.3 is 0 Å². The summed E-state index contributed by atoms with van der Waals surface area (Å²) in [6.07, 6.45) is 1.28. The summed E-state index contributed by atoms with van der Waals surface area (Å²) in [4.78, 5) is 0.129. The smallest absolute Gasteiger partial charge is 0.240 e. The highest BCUT2D eigenvalue weighted by Gasteiger charge is 2.19. The maximum Gasteiger partial charge on any atom is 0.240 e. The molecule has 0 bridgehead atoms. The van der Waals surface area contributed by atoms with Crippen LogP contribution < -0.4 is 10.5 Å². The fourth-order valence-electron chi connectivity index (χ4n) is 1.60. The van der Waals surface area contributed by atoms with Gasteiger partial charge in [0.25, 0.3) is 0 Å². The second kappa shape index (κ2) is 6.17. The van der Waals surface area contributed by atoms with Gasteiger partial charge in [-0.2, -0.15) is 0 Å². The second-order valence-corrected chi connectivity index (χ2v) is 5.84.